The van der Waals surface area contributed by atoms with Crippen molar-refractivity contribution in [2.45, 2.75) is 58.3 Å². The lowest BCUT2D eigenvalue weighted by Gasteiger charge is -2.22. The molecule has 0 aliphatic carbocycles. The fourth-order valence-corrected chi connectivity index (χ4v) is 2.44. The Balaban J connectivity index is 1.71. The molecule has 2 rings (SSSR count). The van der Waals surface area contributed by atoms with E-state index in [1.807, 2.05) is 0 Å². The third kappa shape index (κ3) is 6.60. The van der Waals surface area contributed by atoms with E-state index < -0.39 is 0 Å². The second kappa shape index (κ2) is 7.92. The van der Waals surface area contributed by atoms with Gasteiger partial charge in [-0.2, -0.15) is 0 Å². The van der Waals surface area contributed by atoms with Crippen molar-refractivity contribution in [2.75, 3.05) is 19.8 Å². The molecule has 1 fully saturated rings. The molecule has 1 aromatic rings. The Morgan fingerprint density at radius 1 is 1.10 bits per heavy atom. The van der Waals surface area contributed by atoms with Crippen LogP contribution in [0, 0.1) is 0 Å². The number of hydrogen-bond donors (Lipinski definition) is 1. The maximum absolute atomic E-state index is 5.94. The predicted octanol–water partition coefficient (Wildman–Crippen LogP) is 3.31. The molecule has 0 bridgehead atoms. The summed E-state index contributed by atoms with van der Waals surface area (Å²) in [4.78, 5) is 0. The van der Waals surface area contributed by atoms with Crippen LogP contribution in [0.5, 0.6) is 0 Å². The van der Waals surface area contributed by atoms with Crippen LogP contribution in [0.15, 0.2) is 24.3 Å². The number of benzene rings is 1. The quantitative estimate of drug-likeness (QED) is 0.872. The van der Waals surface area contributed by atoms with Crippen LogP contribution < -0.4 is 5.32 Å². The summed E-state index contributed by atoms with van der Waals surface area (Å²) >= 11 is 0. The van der Waals surface area contributed by atoms with Crippen molar-refractivity contribution in [2.24, 2.45) is 0 Å². The highest BCUT2D eigenvalue weighted by atomic mass is 16.5. The Kier molecular flexibility index (Phi) is 6.22. The molecule has 0 radical (unpaired) electrons. The Bertz CT molecular complexity index is 402. The number of hydrogen-bond acceptors (Lipinski definition) is 3. The molecule has 0 unspecified atom stereocenters. The molecule has 0 atom stereocenters. The van der Waals surface area contributed by atoms with Gasteiger partial charge in [0.25, 0.3) is 0 Å². The normalized spacial score (nSPS) is 17.1. The molecule has 1 heterocycles. The fraction of sp³-hybridized carbons (Fsp3) is 0.667. The van der Waals surface area contributed by atoms with Crippen molar-refractivity contribution in [3.8, 4) is 0 Å². The lowest BCUT2D eigenvalue weighted by atomic mass is 10.1. The van der Waals surface area contributed by atoms with E-state index in [4.69, 9.17) is 9.47 Å². The molecular formula is C18H29NO2. The van der Waals surface area contributed by atoms with Gasteiger partial charge in [-0.3, -0.25) is 0 Å². The van der Waals surface area contributed by atoms with Gasteiger partial charge in [0.1, 0.15) is 0 Å². The molecule has 3 nitrogen and oxygen atoms in total. The lowest BCUT2D eigenvalue weighted by Crippen LogP contribution is -2.37. The maximum atomic E-state index is 5.94. The molecule has 0 amide bonds. The van der Waals surface area contributed by atoms with Gasteiger partial charge in [-0.05, 0) is 57.7 Å². The fourth-order valence-electron chi connectivity index (χ4n) is 2.44. The van der Waals surface area contributed by atoms with E-state index in [0.29, 0.717) is 12.7 Å². The highest BCUT2D eigenvalue weighted by Gasteiger charge is 2.13. The Hall–Kier alpha value is -0.900. The van der Waals surface area contributed by atoms with Crippen LogP contribution in [0.2, 0.25) is 0 Å². The van der Waals surface area contributed by atoms with Crippen molar-refractivity contribution >= 4 is 0 Å². The topological polar surface area (TPSA) is 30.5 Å². The zero-order chi connectivity index (χ0) is 15.1. The molecule has 3 heteroatoms. The summed E-state index contributed by atoms with van der Waals surface area (Å²) in [5.74, 6) is 0. The second-order valence-electron chi connectivity index (χ2n) is 6.87. The van der Waals surface area contributed by atoms with Crippen molar-refractivity contribution in [1.82, 2.24) is 5.32 Å². The van der Waals surface area contributed by atoms with Crippen molar-refractivity contribution in [3.63, 3.8) is 0 Å². The van der Waals surface area contributed by atoms with Crippen LogP contribution in [0.3, 0.4) is 0 Å². The molecule has 1 aliphatic rings. The number of rotatable bonds is 6. The first-order valence-corrected chi connectivity index (χ1v) is 8.05. The first-order chi connectivity index (χ1) is 10.0. The zero-order valence-corrected chi connectivity index (χ0v) is 13.7. The molecule has 0 aromatic heterocycles. The van der Waals surface area contributed by atoms with Gasteiger partial charge in [-0.25, -0.2) is 0 Å². The molecular weight excluding hydrogens is 262 g/mol. The second-order valence-corrected chi connectivity index (χ2v) is 6.87. The zero-order valence-electron chi connectivity index (χ0n) is 13.7. The van der Waals surface area contributed by atoms with Crippen molar-refractivity contribution in [3.05, 3.63) is 35.4 Å². The summed E-state index contributed by atoms with van der Waals surface area (Å²) in [6.45, 7) is 10.00. The minimum absolute atomic E-state index is 0.192. The van der Waals surface area contributed by atoms with Gasteiger partial charge in [0.05, 0.1) is 12.7 Å². The third-order valence-electron chi connectivity index (χ3n) is 3.75. The summed E-state index contributed by atoms with van der Waals surface area (Å²) < 4.78 is 11.3. The van der Waals surface area contributed by atoms with Gasteiger partial charge in [-0.15, -0.1) is 0 Å². The monoisotopic (exact) mass is 291 g/mol. The smallest absolute Gasteiger partial charge is 0.0720 e. The first-order valence-electron chi connectivity index (χ1n) is 8.05. The van der Waals surface area contributed by atoms with Crippen LogP contribution >= 0.6 is 0 Å². The van der Waals surface area contributed by atoms with Gasteiger partial charge < -0.3 is 14.8 Å². The van der Waals surface area contributed by atoms with Gasteiger partial charge in [0, 0.05) is 18.8 Å². The van der Waals surface area contributed by atoms with Crippen LogP contribution in [0.25, 0.3) is 0 Å². The SMILES string of the molecule is CC(C)(C)NCCc1ccc(COC2CCOCC2)cc1. The summed E-state index contributed by atoms with van der Waals surface area (Å²) in [6.07, 6.45) is 3.49. The van der Waals surface area contributed by atoms with E-state index in [9.17, 15) is 0 Å². The summed E-state index contributed by atoms with van der Waals surface area (Å²) in [5.41, 5.74) is 2.83. The Morgan fingerprint density at radius 3 is 2.33 bits per heavy atom. The minimum atomic E-state index is 0.192. The van der Waals surface area contributed by atoms with Crippen LogP contribution in [-0.2, 0) is 22.5 Å². The molecule has 21 heavy (non-hydrogen) atoms. The summed E-state index contributed by atoms with van der Waals surface area (Å²) in [7, 11) is 0. The van der Waals surface area contributed by atoms with Gasteiger partial charge in [-0.1, -0.05) is 24.3 Å². The van der Waals surface area contributed by atoms with Crippen molar-refractivity contribution < 1.29 is 9.47 Å². The molecule has 118 valence electrons. The number of nitrogens with one attached hydrogen (secondary N) is 1. The molecule has 0 saturated carbocycles. The molecule has 1 aromatic carbocycles. The minimum Gasteiger partial charge on any atom is -0.381 e. The predicted molar refractivity (Wildman–Crippen MR) is 86.5 cm³/mol. The van der Waals surface area contributed by atoms with E-state index in [1.165, 1.54) is 11.1 Å². The highest BCUT2D eigenvalue weighted by Crippen LogP contribution is 2.14. The van der Waals surface area contributed by atoms with Gasteiger partial charge in [0.2, 0.25) is 0 Å². The van der Waals surface area contributed by atoms with Crippen LogP contribution in [-0.4, -0.2) is 31.4 Å². The average Bonchev–Trinajstić information content (AvgIpc) is 2.46. The van der Waals surface area contributed by atoms with Gasteiger partial charge >= 0.3 is 0 Å². The standard InChI is InChI=1S/C18H29NO2/c1-18(2,3)19-11-8-15-4-6-16(7-5-15)14-21-17-9-12-20-13-10-17/h4-7,17,19H,8-14H2,1-3H3. The average molecular weight is 291 g/mol. The van der Waals surface area contributed by atoms with E-state index in [-0.39, 0.29) is 5.54 Å². The Labute approximate surface area is 129 Å². The maximum Gasteiger partial charge on any atom is 0.0720 e. The van der Waals surface area contributed by atoms with E-state index in [1.54, 1.807) is 0 Å². The highest BCUT2D eigenvalue weighted by molar-refractivity contribution is 5.22. The van der Waals surface area contributed by atoms with Gasteiger partial charge in [0.15, 0.2) is 0 Å². The summed E-state index contributed by atoms with van der Waals surface area (Å²) in [5, 5.41) is 3.52. The molecule has 1 N–H and O–H groups in total. The molecule has 0 spiro atoms. The Morgan fingerprint density at radius 2 is 1.71 bits per heavy atom. The number of ether oxygens (including phenoxy) is 2. The van der Waals surface area contributed by atoms with Crippen molar-refractivity contribution in [1.29, 1.82) is 0 Å². The first kappa shape index (κ1) is 16.5. The third-order valence-corrected chi connectivity index (χ3v) is 3.75. The van der Waals surface area contributed by atoms with E-state index >= 15 is 0 Å². The van der Waals surface area contributed by atoms with Crippen LogP contribution in [0.4, 0.5) is 0 Å². The largest absolute Gasteiger partial charge is 0.381 e. The molecule has 1 saturated heterocycles. The van der Waals surface area contributed by atoms with E-state index in [0.717, 1.165) is 39.0 Å². The van der Waals surface area contributed by atoms with Crippen LogP contribution in [0.1, 0.15) is 44.7 Å². The lowest BCUT2D eigenvalue weighted by molar-refractivity contribution is -0.0390. The van der Waals surface area contributed by atoms with E-state index in [2.05, 4.69) is 50.4 Å². The molecule has 1 aliphatic heterocycles. The summed E-state index contributed by atoms with van der Waals surface area (Å²) in [6, 6.07) is 8.80.